The van der Waals surface area contributed by atoms with Gasteiger partial charge in [-0.05, 0) is 23.6 Å². The fourth-order valence-corrected chi connectivity index (χ4v) is 7.27. The van der Waals surface area contributed by atoms with Gasteiger partial charge < -0.3 is 9.47 Å². The Bertz CT molecular complexity index is 1040. The minimum absolute atomic E-state index is 0.218. The molecule has 0 aromatic heterocycles. The molecule has 1 saturated heterocycles. The van der Waals surface area contributed by atoms with Crippen LogP contribution in [-0.2, 0) is 27.9 Å². The number of carbonyl (C=O) groups is 1. The lowest BCUT2D eigenvalue weighted by Gasteiger charge is -2.59. The second-order valence-corrected chi connectivity index (χ2v) is 9.62. The summed E-state index contributed by atoms with van der Waals surface area (Å²) in [4.78, 5) is 19.4. The summed E-state index contributed by atoms with van der Waals surface area (Å²) < 4.78 is 12.7. The number of hydrogen-bond donors (Lipinski definition) is 0. The highest BCUT2D eigenvalue weighted by molar-refractivity contribution is 5.89. The van der Waals surface area contributed by atoms with Crippen LogP contribution in [0.25, 0.3) is 0 Å². The van der Waals surface area contributed by atoms with Gasteiger partial charge >= 0.3 is 0 Å². The molecule has 0 amide bonds. The zero-order valence-electron chi connectivity index (χ0n) is 18.3. The van der Waals surface area contributed by atoms with E-state index in [9.17, 15) is 4.79 Å². The van der Waals surface area contributed by atoms with Crippen LogP contribution in [0.1, 0.15) is 36.0 Å². The molecule has 2 aliphatic heterocycles. The maximum absolute atomic E-state index is 13.1. The number of benzene rings is 2. The molecule has 4 aliphatic rings. The standard InChI is InChI=1S/C26H30NO4/c1-29-22-11-8-18-16-20-19-9-10-21(28)25-26(19,23(18)24(22)31-25)13-15-27(20,30-2)14-12-17-6-4-3-5-7-17/h3-8,11,19-20,25H,9-10,12-16H2,1-2H3/q+1/t19-,20+,25-,26-,27?/m0/s1. The van der Waals surface area contributed by atoms with Crippen LogP contribution in [0, 0.1) is 5.92 Å². The van der Waals surface area contributed by atoms with Crippen molar-refractivity contribution in [2.24, 2.45) is 5.92 Å². The second kappa shape index (κ2) is 6.81. The molecular weight excluding hydrogens is 390 g/mol. The Morgan fingerprint density at radius 3 is 2.77 bits per heavy atom. The molecule has 2 heterocycles. The minimum Gasteiger partial charge on any atom is -0.493 e. The lowest BCUT2D eigenvalue weighted by atomic mass is 9.51. The van der Waals surface area contributed by atoms with E-state index in [0.717, 1.165) is 50.3 Å². The van der Waals surface area contributed by atoms with Gasteiger partial charge in [-0.3, -0.25) is 4.79 Å². The lowest BCUT2D eigenvalue weighted by molar-refractivity contribution is -1.13. The van der Waals surface area contributed by atoms with E-state index in [-0.39, 0.29) is 17.3 Å². The van der Waals surface area contributed by atoms with E-state index in [0.29, 0.717) is 23.0 Å². The van der Waals surface area contributed by atoms with E-state index in [1.807, 2.05) is 13.2 Å². The van der Waals surface area contributed by atoms with Gasteiger partial charge in [-0.1, -0.05) is 36.4 Å². The average Bonchev–Trinajstić information content (AvgIpc) is 3.16. The number of likely N-dealkylation sites (tertiary alicyclic amines) is 1. The van der Waals surface area contributed by atoms with E-state index in [2.05, 4.69) is 36.4 Å². The first-order valence-electron chi connectivity index (χ1n) is 11.5. The van der Waals surface area contributed by atoms with Gasteiger partial charge in [-0.2, -0.15) is 4.65 Å². The number of hydrogen-bond acceptors (Lipinski definition) is 4. The fourth-order valence-electron chi connectivity index (χ4n) is 7.27. The Kier molecular flexibility index (Phi) is 4.25. The highest BCUT2D eigenvalue weighted by atomic mass is 16.7. The number of hydroxylamine groups is 3. The van der Waals surface area contributed by atoms with E-state index >= 15 is 0 Å². The van der Waals surface area contributed by atoms with Crippen molar-refractivity contribution in [2.45, 2.75) is 49.7 Å². The summed E-state index contributed by atoms with van der Waals surface area (Å²) in [6.07, 6.45) is 4.03. The maximum atomic E-state index is 13.1. The van der Waals surface area contributed by atoms with Crippen LogP contribution in [0.2, 0.25) is 0 Å². The molecule has 1 spiro atoms. The zero-order valence-corrected chi connectivity index (χ0v) is 18.3. The summed E-state index contributed by atoms with van der Waals surface area (Å²) in [6.45, 7) is 1.86. The molecule has 5 heteroatoms. The predicted octanol–water partition coefficient (Wildman–Crippen LogP) is 3.62. The molecule has 2 fully saturated rings. The number of rotatable bonds is 5. The third-order valence-electron chi connectivity index (χ3n) is 8.64. The predicted molar refractivity (Wildman–Crippen MR) is 116 cm³/mol. The third kappa shape index (κ3) is 2.48. The first-order chi connectivity index (χ1) is 15.1. The summed E-state index contributed by atoms with van der Waals surface area (Å²) in [6, 6.07) is 15.2. The molecular formula is C26H30NO4+. The van der Waals surface area contributed by atoms with Crippen molar-refractivity contribution in [3.63, 3.8) is 0 Å². The molecule has 0 N–H and O–H groups in total. The van der Waals surface area contributed by atoms with Crippen LogP contribution in [0.15, 0.2) is 42.5 Å². The number of Topliss-reactive ketones (excluding diaryl/α,β-unsaturated/α-hetero) is 1. The van der Waals surface area contributed by atoms with Crippen LogP contribution in [-0.4, -0.2) is 49.9 Å². The zero-order chi connectivity index (χ0) is 21.2. The van der Waals surface area contributed by atoms with Crippen molar-refractivity contribution in [3.05, 3.63) is 59.2 Å². The summed E-state index contributed by atoms with van der Waals surface area (Å²) in [7, 11) is 3.55. The van der Waals surface area contributed by atoms with Crippen LogP contribution >= 0.6 is 0 Å². The van der Waals surface area contributed by atoms with Gasteiger partial charge in [0.15, 0.2) is 23.4 Å². The van der Waals surface area contributed by atoms with Crippen LogP contribution < -0.4 is 9.47 Å². The Morgan fingerprint density at radius 1 is 1.16 bits per heavy atom. The van der Waals surface area contributed by atoms with Crippen LogP contribution in [0.4, 0.5) is 0 Å². The quantitative estimate of drug-likeness (QED) is 0.693. The van der Waals surface area contributed by atoms with Crippen LogP contribution in [0.3, 0.4) is 0 Å². The van der Waals surface area contributed by atoms with Gasteiger partial charge in [-0.25, -0.2) is 4.84 Å². The van der Waals surface area contributed by atoms with E-state index in [1.54, 1.807) is 7.11 Å². The Balaban J connectivity index is 1.44. The monoisotopic (exact) mass is 420 g/mol. The highest BCUT2D eigenvalue weighted by Gasteiger charge is 2.70. The van der Waals surface area contributed by atoms with Crippen LogP contribution in [0.5, 0.6) is 11.5 Å². The Morgan fingerprint density at radius 2 is 2.00 bits per heavy atom. The SMILES string of the molecule is COc1ccc2c3c1O[C@H]1C(=O)CC[C@H]4[C@@H](C2)[N+](CCc2ccccc2)(OC)CC[C@]314. The summed E-state index contributed by atoms with van der Waals surface area (Å²) in [5.41, 5.74) is 3.71. The average molecular weight is 421 g/mol. The van der Waals surface area contributed by atoms with Crippen molar-refractivity contribution < 1.29 is 23.8 Å². The van der Waals surface area contributed by atoms with Gasteiger partial charge in [-0.15, -0.1) is 0 Å². The number of methoxy groups -OCH3 is 1. The Hall–Kier alpha value is -2.37. The number of quaternary nitrogens is 1. The molecule has 2 aromatic rings. The first kappa shape index (κ1) is 19.3. The van der Waals surface area contributed by atoms with Gasteiger partial charge in [0.2, 0.25) is 0 Å². The molecule has 5 nitrogen and oxygen atoms in total. The van der Waals surface area contributed by atoms with Gasteiger partial charge in [0.1, 0.15) is 19.1 Å². The second-order valence-electron chi connectivity index (χ2n) is 9.62. The molecule has 31 heavy (non-hydrogen) atoms. The number of nitrogens with zero attached hydrogens (tertiary/aromatic N) is 1. The lowest BCUT2D eigenvalue weighted by Crippen LogP contribution is -2.72. The molecule has 1 saturated carbocycles. The van der Waals surface area contributed by atoms with Gasteiger partial charge in [0.25, 0.3) is 0 Å². The highest BCUT2D eigenvalue weighted by Crippen LogP contribution is 2.64. The van der Waals surface area contributed by atoms with E-state index in [4.69, 9.17) is 14.3 Å². The molecule has 1 unspecified atom stereocenters. The first-order valence-corrected chi connectivity index (χ1v) is 11.5. The molecule has 0 radical (unpaired) electrons. The van der Waals surface area contributed by atoms with Crippen molar-refractivity contribution >= 4 is 5.78 Å². The third-order valence-corrected chi connectivity index (χ3v) is 8.64. The smallest absolute Gasteiger partial charge is 0.174 e. The van der Waals surface area contributed by atoms with Gasteiger partial charge in [0, 0.05) is 37.2 Å². The molecule has 6 rings (SSSR count). The molecule has 5 atom stereocenters. The van der Waals surface area contributed by atoms with Gasteiger partial charge in [0.05, 0.1) is 19.6 Å². The normalized spacial score (nSPS) is 34.8. The maximum Gasteiger partial charge on any atom is 0.174 e. The van der Waals surface area contributed by atoms with Crippen molar-refractivity contribution in [1.82, 2.24) is 0 Å². The molecule has 2 aliphatic carbocycles. The molecule has 2 bridgehead atoms. The largest absolute Gasteiger partial charge is 0.493 e. The minimum atomic E-state index is -0.368. The van der Waals surface area contributed by atoms with E-state index in [1.165, 1.54) is 16.7 Å². The van der Waals surface area contributed by atoms with Crippen molar-refractivity contribution in [2.75, 3.05) is 27.3 Å². The summed E-state index contributed by atoms with van der Waals surface area (Å²) in [5.74, 6) is 2.23. The summed E-state index contributed by atoms with van der Waals surface area (Å²) >= 11 is 0. The number of carbonyl (C=O) groups excluding carboxylic acids is 1. The number of piperidine rings is 1. The topological polar surface area (TPSA) is 44.8 Å². The number of ketones is 1. The van der Waals surface area contributed by atoms with E-state index < -0.39 is 0 Å². The Labute approximate surface area is 183 Å². The van der Waals surface area contributed by atoms with Crippen molar-refractivity contribution in [3.8, 4) is 11.5 Å². The fraction of sp³-hybridized carbons (Fsp3) is 0.500. The molecule has 162 valence electrons. The molecule has 2 aromatic carbocycles. The number of ether oxygens (including phenoxy) is 2. The summed E-state index contributed by atoms with van der Waals surface area (Å²) in [5, 5.41) is 0. The van der Waals surface area contributed by atoms with Crippen molar-refractivity contribution in [1.29, 1.82) is 0 Å².